The fraction of sp³-hybridized carbons (Fsp3) is 0.533. The van der Waals surface area contributed by atoms with Crippen molar-refractivity contribution in [2.24, 2.45) is 0 Å². The average Bonchev–Trinajstić information content (AvgIpc) is 2.97. The summed E-state index contributed by atoms with van der Waals surface area (Å²) in [4.78, 5) is 13.7. The summed E-state index contributed by atoms with van der Waals surface area (Å²) in [5, 5.41) is -0.356. The number of esters is 1. The van der Waals surface area contributed by atoms with Crippen LogP contribution in [0, 0.1) is 0 Å². The molecule has 0 amide bonds. The summed E-state index contributed by atoms with van der Waals surface area (Å²) in [5.41, 5.74) is 0.660. The van der Waals surface area contributed by atoms with Crippen LogP contribution in [0.3, 0.4) is 0 Å². The van der Waals surface area contributed by atoms with Crippen LogP contribution in [0.25, 0.3) is 0 Å². The number of sulfone groups is 1. The van der Waals surface area contributed by atoms with Gasteiger partial charge in [0.05, 0.1) is 23.7 Å². The lowest BCUT2D eigenvalue weighted by atomic mass is 10.1. The Kier molecular flexibility index (Phi) is 5.00. The number of likely N-dealkylation sites (tertiary alicyclic amines) is 1. The first-order valence-corrected chi connectivity index (χ1v) is 8.64. The lowest BCUT2D eigenvalue weighted by Gasteiger charge is -2.14. The third kappa shape index (κ3) is 3.63. The molecule has 0 aliphatic carbocycles. The van der Waals surface area contributed by atoms with Gasteiger partial charge in [-0.3, -0.25) is 4.79 Å². The van der Waals surface area contributed by atoms with Crippen LogP contribution in [0.1, 0.15) is 18.9 Å². The van der Waals surface area contributed by atoms with Crippen LogP contribution < -0.4 is 0 Å². The Morgan fingerprint density at radius 3 is 2.81 bits per heavy atom. The fourth-order valence-corrected chi connectivity index (χ4v) is 4.39. The van der Waals surface area contributed by atoms with Gasteiger partial charge >= 0.3 is 5.97 Å². The fourth-order valence-electron chi connectivity index (χ4n) is 2.60. The van der Waals surface area contributed by atoms with Crippen molar-refractivity contribution in [3.05, 3.63) is 29.8 Å². The van der Waals surface area contributed by atoms with Crippen molar-refractivity contribution in [1.82, 2.24) is 4.90 Å². The summed E-state index contributed by atoms with van der Waals surface area (Å²) in [6.45, 7) is 4.31. The zero-order valence-electron chi connectivity index (χ0n) is 12.4. The van der Waals surface area contributed by atoms with Gasteiger partial charge in [-0.05, 0) is 37.2 Å². The smallest absolute Gasteiger partial charge is 0.309 e. The number of carbonyl (C=O) groups is 1. The second-order valence-corrected chi connectivity index (χ2v) is 7.48. The number of nitrogens with zero attached hydrogens (tertiary/aromatic N) is 1. The second-order valence-electron chi connectivity index (χ2n) is 5.25. The van der Waals surface area contributed by atoms with Crippen LogP contribution in [-0.2, 0) is 25.8 Å². The Bertz CT molecular complexity index is 612. The van der Waals surface area contributed by atoms with Crippen molar-refractivity contribution in [2.45, 2.75) is 29.9 Å². The van der Waals surface area contributed by atoms with Crippen LogP contribution >= 0.6 is 0 Å². The molecule has 1 fully saturated rings. The van der Waals surface area contributed by atoms with E-state index >= 15 is 0 Å². The molecule has 116 valence electrons. The lowest BCUT2D eigenvalue weighted by Crippen LogP contribution is -2.27. The van der Waals surface area contributed by atoms with Crippen LogP contribution in [0.4, 0.5) is 0 Å². The Balaban J connectivity index is 2.20. The molecule has 1 atom stereocenters. The zero-order chi connectivity index (χ0) is 15.5. The third-order valence-corrected chi connectivity index (χ3v) is 6.09. The highest BCUT2D eigenvalue weighted by molar-refractivity contribution is 7.92. The van der Waals surface area contributed by atoms with E-state index in [9.17, 15) is 13.2 Å². The summed E-state index contributed by atoms with van der Waals surface area (Å²) in [5.74, 6) is -0.373. The third-order valence-electron chi connectivity index (χ3n) is 3.92. The van der Waals surface area contributed by atoms with Crippen LogP contribution in [-0.4, -0.2) is 51.3 Å². The molecule has 1 saturated heterocycles. The molecular weight excluding hydrogens is 290 g/mol. The summed E-state index contributed by atoms with van der Waals surface area (Å²) < 4.78 is 29.9. The Hall–Kier alpha value is -1.40. The van der Waals surface area contributed by atoms with Gasteiger partial charge < -0.3 is 9.64 Å². The largest absolute Gasteiger partial charge is 0.469 e. The van der Waals surface area contributed by atoms with E-state index in [1.165, 1.54) is 7.11 Å². The maximum absolute atomic E-state index is 12.7. The number of methoxy groups -OCH3 is 1. The molecule has 1 aliphatic rings. The van der Waals surface area contributed by atoms with Crippen LogP contribution in [0.2, 0.25) is 0 Å². The molecule has 0 radical (unpaired) electrons. The molecular formula is C15H21NO4S. The molecule has 1 heterocycles. The molecule has 0 spiro atoms. The van der Waals surface area contributed by atoms with Gasteiger partial charge in [0.25, 0.3) is 0 Å². The van der Waals surface area contributed by atoms with Crippen molar-refractivity contribution in [3.8, 4) is 0 Å². The predicted octanol–water partition coefficient (Wildman–Crippen LogP) is 1.27. The standard InChI is InChI=1S/C15H21NO4S/c1-3-16-8-7-14(11-16)21(18,19)13-6-4-5-12(9-13)10-15(17)20-2/h4-6,9,14H,3,7-8,10-11H2,1-2H3. The van der Waals surface area contributed by atoms with Crippen LogP contribution in [0.5, 0.6) is 0 Å². The molecule has 5 nitrogen and oxygen atoms in total. The first kappa shape index (κ1) is 16.0. The quantitative estimate of drug-likeness (QED) is 0.766. The van der Waals surface area contributed by atoms with Gasteiger partial charge in [-0.25, -0.2) is 8.42 Å². The van der Waals surface area contributed by atoms with Crippen molar-refractivity contribution >= 4 is 15.8 Å². The van der Waals surface area contributed by atoms with Gasteiger partial charge in [0.2, 0.25) is 0 Å². The number of hydrogen-bond acceptors (Lipinski definition) is 5. The maximum Gasteiger partial charge on any atom is 0.309 e. The number of hydrogen-bond donors (Lipinski definition) is 0. The van der Waals surface area contributed by atoms with E-state index in [4.69, 9.17) is 0 Å². The molecule has 1 aromatic carbocycles. The minimum Gasteiger partial charge on any atom is -0.469 e. The summed E-state index contributed by atoms with van der Waals surface area (Å²) in [7, 11) is -2.02. The minimum atomic E-state index is -3.34. The van der Waals surface area contributed by atoms with E-state index in [1.807, 2.05) is 6.92 Å². The first-order chi connectivity index (χ1) is 9.97. The predicted molar refractivity (Wildman–Crippen MR) is 79.9 cm³/mol. The van der Waals surface area contributed by atoms with Gasteiger partial charge in [0.1, 0.15) is 0 Å². The Morgan fingerprint density at radius 2 is 2.19 bits per heavy atom. The van der Waals surface area contributed by atoms with Gasteiger partial charge in [-0.15, -0.1) is 0 Å². The molecule has 2 rings (SSSR count). The maximum atomic E-state index is 12.7. The summed E-state index contributed by atoms with van der Waals surface area (Å²) in [6.07, 6.45) is 0.753. The number of ether oxygens (including phenoxy) is 1. The zero-order valence-corrected chi connectivity index (χ0v) is 13.2. The number of benzene rings is 1. The van der Waals surface area contributed by atoms with Crippen LogP contribution in [0.15, 0.2) is 29.2 Å². The lowest BCUT2D eigenvalue weighted by molar-refractivity contribution is -0.139. The summed E-state index contributed by atoms with van der Waals surface area (Å²) >= 11 is 0. The molecule has 1 aliphatic heterocycles. The van der Waals surface area contributed by atoms with E-state index in [0.717, 1.165) is 13.1 Å². The Morgan fingerprint density at radius 1 is 1.43 bits per heavy atom. The van der Waals surface area contributed by atoms with E-state index in [1.54, 1.807) is 24.3 Å². The highest BCUT2D eigenvalue weighted by atomic mass is 32.2. The van der Waals surface area contributed by atoms with Crippen molar-refractivity contribution < 1.29 is 17.9 Å². The molecule has 21 heavy (non-hydrogen) atoms. The summed E-state index contributed by atoms with van der Waals surface area (Å²) in [6, 6.07) is 6.60. The van der Waals surface area contributed by atoms with Gasteiger partial charge in [-0.1, -0.05) is 19.1 Å². The van der Waals surface area contributed by atoms with Crippen molar-refractivity contribution in [3.63, 3.8) is 0 Å². The topological polar surface area (TPSA) is 63.7 Å². The first-order valence-electron chi connectivity index (χ1n) is 7.09. The number of rotatable bonds is 5. The van der Waals surface area contributed by atoms with E-state index in [2.05, 4.69) is 9.64 Å². The molecule has 0 bridgehead atoms. The average molecular weight is 311 g/mol. The highest BCUT2D eigenvalue weighted by Gasteiger charge is 2.33. The van der Waals surface area contributed by atoms with Crippen molar-refractivity contribution in [2.75, 3.05) is 26.7 Å². The van der Waals surface area contributed by atoms with E-state index in [0.29, 0.717) is 23.4 Å². The molecule has 0 N–H and O–H groups in total. The molecule has 0 aromatic heterocycles. The Labute approximate surface area is 125 Å². The molecule has 6 heteroatoms. The molecule has 1 aromatic rings. The van der Waals surface area contributed by atoms with E-state index < -0.39 is 9.84 Å². The normalized spacial score (nSPS) is 19.6. The highest BCUT2D eigenvalue weighted by Crippen LogP contribution is 2.24. The van der Waals surface area contributed by atoms with E-state index in [-0.39, 0.29) is 17.6 Å². The molecule has 1 unspecified atom stereocenters. The van der Waals surface area contributed by atoms with Gasteiger partial charge in [0.15, 0.2) is 9.84 Å². The SMILES string of the molecule is CCN1CCC(S(=O)(=O)c2cccc(CC(=O)OC)c2)C1. The number of carbonyl (C=O) groups excluding carboxylic acids is 1. The minimum absolute atomic E-state index is 0.0889. The second kappa shape index (κ2) is 6.58. The van der Waals surface area contributed by atoms with Crippen molar-refractivity contribution in [1.29, 1.82) is 0 Å². The monoisotopic (exact) mass is 311 g/mol. The van der Waals surface area contributed by atoms with Gasteiger partial charge in [0, 0.05) is 6.54 Å². The molecule has 0 saturated carbocycles. The van der Waals surface area contributed by atoms with Gasteiger partial charge in [-0.2, -0.15) is 0 Å².